The van der Waals surface area contributed by atoms with Crippen molar-refractivity contribution < 1.29 is 14.7 Å². The summed E-state index contributed by atoms with van der Waals surface area (Å²) in [6.07, 6.45) is 3.89. The summed E-state index contributed by atoms with van der Waals surface area (Å²) >= 11 is 0. The van der Waals surface area contributed by atoms with E-state index in [4.69, 9.17) is 5.11 Å². The zero-order chi connectivity index (χ0) is 12.7. The molecule has 17 heavy (non-hydrogen) atoms. The quantitative estimate of drug-likeness (QED) is 0.661. The summed E-state index contributed by atoms with van der Waals surface area (Å²) in [4.78, 5) is 26.0. The van der Waals surface area contributed by atoms with Crippen molar-refractivity contribution in [3.8, 4) is 0 Å². The maximum atomic E-state index is 11.9. The molecule has 0 radical (unpaired) electrons. The Balaban J connectivity index is 2.38. The van der Waals surface area contributed by atoms with E-state index in [1.807, 2.05) is 9.80 Å². The van der Waals surface area contributed by atoms with Gasteiger partial charge in [0.2, 0.25) is 5.91 Å². The number of carbonyl (C=O) groups is 2. The number of likely N-dealkylation sites (tertiary alicyclic amines) is 1. The second-order valence-corrected chi connectivity index (χ2v) is 4.26. The van der Waals surface area contributed by atoms with Gasteiger partial charge in [-0.25, -0.2) is 0 Å². The Morgan fingerprint density at radius 1 is 1.35 bits per heavy atom. The molecule has 5 nitrogen and oxygen atoms in total. The SMILES string of the molecule is C=CCN(CCC(=O)O)CC(=O)N1CCCC1. The fraction of sp³-hybridized carbons (Fsp3) is 0.667. The Labute approximate surface area is 102 Å². The summed E-state index contributed by atoms with van der Waals surface area (Å²) in [7, 11) is 0. The summed E-state index contributed by atoms with van der Waals surface area (Å²) in [6, 6.07) is 0. The monoisotopic (exact) mass is 240 g/mol. The van der Waals surface area contributed by atoms with Crippen molar-refractivity contribution in [3.05, 3.63) is 12.7 Å². The lowest BCUT2D eigenvalue weighted by molar-refractivity contribution is -0.138. The average molecular weight is 240 g/mol. The topological polar surface area (TPSA) is 60.9 Å². The van der Waals surface area contributed by atoms with E-state index >= 15 is 0 Å². The highest BCUT2D eigenvalue weighted by molar-refractivity contribution is 5.78. The van der Waals surface area contributed by atoms with Gasteiger partial charge in [0, 0.05) is 26.2 Å². The molecule has 5 heteroatoms. The van der Waals surface area contributed by atoms with Gasteiger partial charge in [0.25, 0.3) is 0 Å². The van der Waals surface area contributed by atoms with Crippen LogP contribution >= 0.6 is 0 Å². The molecule has 1 amide bonds. The Morgan fingerprint density at radius 3 is 2.53 bits per heavy atom. The molecule has 0 bridgehead atoms. The van der Waals surface area contributed by atoms with Gasteiger partial charge in [-0.2, -0.15) is 0 Å². The molecule has 1 rings (SSSR count). The summed E-state index contributed by atoms with van der Waals surface area (Å²) in [6.45, 7) is 6.51. The first kappa shape index (κ1) is 13.7. The zero-order valence-corrected chi connectivity index (χ0v) is 10.1. The minimum atomic E-state index is -0.840. The van der Waals surface area contributed by atoms with E-state index in [0.29, 0.717) is 19.6 Å². The highest BCUT2D eigenvalue weighted by Crippen LogP contribution is 2.08. The molecule has 96 valence electrons. The number of amides is 1. The number of nitrogens with zero attached hydrogens (tertiary/aromatic N) is 2. The molecule has 0 saturated carbocycles. The number of hydrogen-bond acceptors (Lipinski definition) is 3. The summed E-state index contributed by atoms with van der Waals surface area (Å²) in [5, 5.41) is 8.63. The summed E-state index contributed by atoms with van der Waals surface area (Å²) < 4.78 is 0. The van der Waals surface area contributed by atoms with Crippen LogP contribution in [0.1, 0.15) is 19.3 Å². The van der Waals surface area contributed by atoms with Crippen molar-refractivity contribution in [2.24, 2.45) is 0 Å². The highest BCUT2D eigenvalue weighted by atomic mass is 16.4. The summed E-state index contributed by atoms with van der Waals surface area (Å²) in [5.41, 5.74) is 0. The Morgan fingerprint density at radius 2 is 2.00 bits per heavy atom. The predicted molar refractivity (Wildman–Crippen MR) is 64.7 cm³/mol. The van der Waals surface area contributed by atoms with Crippen LogP contribution in [0.3, 0.4) is 0 Å². The highest BCUT2D eigenvalue weighted by Gasteiger charge is 2.20. The molecule has 1 heterocycles. The number of carbonyl (C=O) groups excluding carboxylic acids is 1. The van der Waals surface area contributed by atoms with E-state index < -0.39 is 5.97 Å². The van der Waals surface area contributed by atoms with Crippen LogP contribution in [0, 0.1) is 0 Å². The Hall–Kier alpha value is -1.36. The Bertz CT molecular complexity index is 285. The van der Waals surface area contributed by atoms with E-state index in [0.717, 1.165) is 25.9 Å². The molecule has 0 aromatic carbocycles. The molecule has 1 N–H and O–H groups in total. The summed E-state index contributed by atoms with van der Waals surface area (Å²) in [5.74, 6) is -0.748. The first-order valence-corrected chi connectivity index (χ1v) is 5.96. The first-order valence-electron chi connectivity index (χ1n) is 5.96. The van der Waals surface area contributed by atoms with Crippen molar-refractivity contribution in [3.63, 3.8) is 0 Å². The van der Waals surface area contributed by atoms with Crippen molar-refractivity contribution in [2.75, 3.05) is 32.7 Å². The molecule has 1 aliphatic heterocycles. The van der Waals surface area contributed by atoms with Crippen LogP contribution < -0.4 is 0 Å². The van der Waals surface area contributed by atoms with Gasteiger partial charge in [-0.05, 0) is 12.8 Å². The maximum Gasteiger partial charge on any atom is 0.304 e. The molecule has 1 fully saturated rings. The van der Waals surface area contributed by atoms with Crippen LogP contribution in [0.2, 0.25) is 0 Å². The van der Waals surface area contributed by atoms with Crippen LogP contribution in [0.5, 0.6) is 0 Å². The van der Waals surface area contributed by atoms with Crippen molar-refractivity contribution >= 4 is 11.9 Å². The lowest BCUT2D eigenvalue weighted by Gasteiger charge is -2.23. The third-order valence-electron chi connectivity index (χ3n) is 2.85. The molecule has 0 spiro atoms. The van der Waals surface area contributed by atoms with E-state index in [1.165, 1.54) is 0 Å². The third-order valence-corrected chi connectivity index (χ3v) is 2.85. The van der Waals surface area contributed by atoms with E-state index in [-0.39, 0.29) is 12.3 Å². The number of carboxylic acid groups (broad SMARTS) is 1. The molecule has 1 saturated heterocycles. The normalized spacial score (nSPS) is 15.2. The molecule has 0 aromatic heterocycles. The standard InChI is InChI=1S/C12H20N2O3/c1-2-6-13(9-5-12(16)17)10-11(15)14-7-3-4-8-14/h2H,1,3-10H2,(H,16,17). The van der Waals surface area contributed by atoms with Gasteiger partial charge in [0.05, 0.1) is 13.0 Å². The number of aliphatic carboxylic acids is 1. The minimum Gasteiger partial charge on any atom is -0.481 e. The second kappa shape index (κ2) is 7.06. The molecular formula is C12H20N2O3. The molecule has 1 aliphatic rings. The molecular weight excluding hydrogens is 220 g/mol. The van der Waals surface area contributed by atoms with Crippen LogP contribution in [-0.2, 0) is 9.59 Å². The molecule has 0 atom stereocenters. The lowest BCUT2D eigenvalue weighted by Crippen LogP contribution is -2.39. The molecule has 0 aliphatic carbocycles. The van der Waals surface area contributed by atoms with Gasteiger partial charge in [-0.15, -0.1) is 6.58 Å². The largest absolute Gasteiger partial charge is 0.481 e. The van der Waals surface area contributed by atoms with Crippen molar-refractivity contribution in [1.82, 2.24) is 9.80 Å². The van der Waals surface area contributed by atoms with Gasteiger partial charge in [-0.3, -0.25) is 14.5 Å². The minimum absolute atomic E-state index is 0.0567. The average Bonchev–Trinajstić information content (AvgIpc) is 2.79. The number of rotatable bonds is 7. The van der Waals surface area contributed by atoms with E-state index in [1.54, 1.807) is 6.08 Å². The molecule has 0 unspecified atom stereocenters. The lowest BCUT2D eigenvalue weighted by atomic mass is 10.3. The van der Waals surface area contributed by atoms with Crippen molar-refractivity contribution in [2.45, 2.75) is 19.3 Å². The number of carboxylic acids is 1. The van der Waals surface area contributed by atoms with Gasteiger partial charge in [-0.1, -0.05) is 6.08 Å². The van der Waals surface area contributed by atoms with Gasteiger partial charge < -0.3 is 10.0 Å². The zero-order valence-electron chi connectivity index (χ0n) is 10.1. The van der Waals surface area contributed by atoms with Crippen LogP contribution in [-0.4, -0.2) is 59.5 Å². The van der Waals surface area contributed by atoms with Gasteiger partial charge in [0.1, 0.15) is 0 Å². The predicted octanol–water partition coefficient (Wildman–Crippen LogP) is 0.572. The van der Waals surface area contributed by atoms with Gasteiger partial charge >= 0.3 is 5.97 Å². The smallest absolute Gasteiger partial charge is 0.304 e. The van der Waals surface area contributed by atoms with E-state index in [2.05, 4.69) is 6.58 Å². The van der Waals surface area contributed by atoms with Crippen molar-refractivity contribution in [1.29, 1.82) is 0 Å². The van der Waals surface area contributed by atoms with Crippen LogP contribution in [0.4, 0.5) is 0 Å². The maximum absolute atomic E-state index is 11.9. The molecule has 0 aromatic rings. The van der Waals surface area contributed by atoms with Gasteiger partial charge in [0.15, 0.2) is 0 Å². The Kier molecular flexibility index (Phi) is 5.69. The fourth-order valence-corrected chi connectivity index (χ4v) is 1.93. The third kappa shape index (κ3) is 4.99. The van der Waals surface area contributed by atoms with Crippen LogP contribution in [0.15, 0.2) is 12.7 Å². The second-order valence-electron chi connectivity index (χ2n) is 4.26. The number of hydrogen-bond donors (Lipinski definition) is 1. The fourth-order valence-electron chi connectivity index (χ4n) is 1.93. The van der Waals surface area contributed by atoms with E-state index in [9.17, 15) is 9.59 Å². The first-order chi connectivity index (χ1) is 8.13. The van der Waals surface area contributed by atoms with Crippen LogP contribution in [0.25, 0.3) is 0 Å².